The molecular formula is C12H15N3O. The minimum Gasteiger partial charge on any atom is -0.506 e. The summed E-state index contributed by atoms with van der Waals surface area (Å²) in [4.78, 5) is 0. The third-order valence-electron chi connectivity index (χ3n) is 3.26. The summed E-state index contributed by atoms with van der Waals surface area (Å²) in [6.07, 6.45) is 2.94. The first-order valence-electron chi connectivity index (χ1n) is 5.69. The Kier molecular flexibility index (Phi) is 2.29. The second-order valence-electron chi connectivity index (χ2n) is 4.40. The van der Waals surface area contributed by atoms with Crippen LogP contribution in [0.15, 0.2) is 24.4 Å². The lowest BCUT2D eigenvalue weighted by molar-refractivity contribution is 0.308. The van der Waals surface area contributed by atoms with Crippen LogP contribution in [0.25, 0.3) is 10.9 Å². The highest BCUT2D eigenvalue weighted by atomic mass is 16.3. The molecule has 2 heterocycles. The second kappa shape index (κ2) is 3.79. The van der Waals surface area contributed by atoms with Crippen molar-refractivity contribution in [3.63, 3.8) is 0 Å². The predicted octanol–water partition coefficient (Wildman–Crippen LogP) is 1.35. The van der Waals surface area contributed by atoms with Crippen molar-refractivity contribution in [2.24, 2.45) is 5.92 Å². The molecule has 1 fully saturated rings. The molecule has 1 aliphatic heterocycles. The molecule has 0 aliphatic carbocycles. The minimum absolute atomic E-state index is 0.321. The molecule has 0 saturated carbocycles. The molecule has 1 aromatic carbocycles. The number of phenolic OH excluding ortho intramolecular Hbond substituents is 1. The first kappa shape index (κ1) is 9.66. The number of aromatic nitrogens is 2. The highest BCUT2D eigenvalue weighted by molar-refractivity contribution is 5.84. The van der Waals surface area contributed by atoms with E-state index < -0.39 is 0 Å². The van der Waals surface area contributed by atoms with Crippen LogP contribution in [0.1, 0.15) is 6.42 Å². The molecule has 0 unspecified atom stereocenters. The average Bonchev–Trinajstić information content (AvgIpc) is 2.61. The van der Waals surface area contributed by atoms with Gasteiger partial charge in [0.2, 0.25) is 0 Å². The summed E-state index contributed by atoms with van der Waals surface area (Å²) in [5, 5.41) is 18.4. The van der Waals surface area contributed by atoms with Gasteiger partial charge in [0, 0.05) is 11.9 Å². The van der Waals surface area contributed by atoms with Crippen LogP contribution >= 0.6 is 0 Å². The summed E-state index contributed by atoms with van der Waals surface area (Å²) in [7, 11) is 0. The predicted molar refractivity (Wildman–Crippen MR) is 62.4 cm³/mol. The highest BCUT2D eigenvalue weighted by Gasteiger charge is 2.17. The Morgan fingerprint density at radius 2 is 2.31 bits per heavy atom. The van der Waals surface area contributed by atoms with E-state index in [2.05, 4.69) is 10.4 Å². The summed E-state index contributed by atoms with van der Waals surface area (Å²) in [6, 6.07) is 5.54. The van der Waals surface area contributed by atoms with Gasteiger partial charge in [-0.05, 0) is 31.5 Å². The van der Waals surface area contributed by atoms with Crippen LogP contribution in [0.2, 0.25) is 0 Å². The van der Waals surface area contributed by atoms with Crippen LogP contribution in [0.4, 0.5) is 0 Å². The molecule has 4 heteroatoms. The lowest BCUT2D eigenvalue weighted by atomic mass is 10.00. The Morgan fingerprint density at radius 3 is 3.06 bits per heavy atom. The van der Waals surface area contributed by atoms with Crippen LogP contribution in [0.5, 0.6) is 5.75 Å². The van der Waals surface area contributed by atoms with Gasteiger partial charge < -0.3 is 10.4 Å². The van der Waals surface area contributed by atoms with E-state index in [9.17, 15) is 5.11 Å². The molecule has 4 nitrogen and oxygen atoms in total. The number of benzene rings is 1. The van der Waals surface area contributed by atoms with Crippen molar-refractivity contribution in [2.75, 3.05) is 13.1 Å². The number of hydrogen-bond donors (Lipinski definition) is 2. The molecule has 16 heavy (non-hydrogen) atoms. The van der Waals surface area contributed by atoms with Gasteiger partial charge in [-0.15, -0.1) is 0 Å². The number of rotatable bonds is 3. The van der Waals surface area contributed by atoms with Crippen molar-refractivity contribution in [1.29, 1.82) is 0 Å². The standard InChI is InChI=1S/C12H15N3O/c16-11-3-1-2-10-8-14-15(12(10)11)5-4-9-6-13-7-9/h1-3,8-9,13,16H,4-7H2. The Bertz CT molecular complexity index is 502. The van der Waals surface area contributed by atoms with Gasteiger partial charge in [0.15, 0.2) is 0 Å². The SMILES string of the molecule is Oc1cccc2cnn(CCC3CNC3)c12. The smallest absolute Gasteiger partial charge is 0.141 e. The zero-order valence-corrected chi connectivity index (χ0v) is 9.06. The lowest BCUT2D eigenvalue weighted by Gasteiger charge is -2.26. The maximum absolute atomic E-state index is 9.80. The van der Waals surface area contributed by atoms with E-state index in [1.165, 1.54) is 0 Å². The van der Waals surface area contributed by atoms with Crippen molar-refractivity contribution in [2.45, 2.75) is 13.0 Å². The third kappa shape index (κ3) is 1.55. The molecule has 3 rings (SSSR count). The van der Waals surface area contributed by atoms with E-state index in [-0.39, 0.29) is 0 Å². The Labute approximate surface area is 93.9 Å². The third-order valence-corrected chi connectivity index (χ3v) is 3.26. The van der Waals surface area contributed by atoms with Gasteiger partial charge in [-0.1, -0.05) is 12.1 Å². The summed E-state index contributed by atoms with van der Waals surface area (Å²) in [5.74, 6) is 1.09. The molecule has 2 aromatic rings. The van der Waals surface area contributed by atoms with Gasteiger partial charge in [0.05, 0.1) is 6.20 Å². The number of aromatic hydroxyl groups is 1. The first-order valence-corrected chi connectivity index (χ1v) is 5.69. The first-order chi connectivity index (χ1) is 7.84. The number of aryl methyl sites for hydroxylation is 1. The minimum atomic E-state index is 0.321. The molecule has 2 N–H and O–H groups in total. The number of para-hydroxylation sites is 1. The van der Waals surface area contributed by atoms with Gasteiger partial charge in [-0.2, -0.15) is 5.10 Å². The molecule has 1 saturated heterocycles. The van der Waals surface area contributed by atoms with E-state index in [1.54, 1.807) is 6.07 Å². The number of nitrogens with one attached hydrogen (secondary N) is 1. The van der Waals surface area contributed by atoms with E-state index in [0.717, 1.165) is 42.9 Å². The van der Waals surface area contributed by atoms with Crippen molar-refractivity contribution >= 4 is 10.9 Å². The molecule has 0 atom stereocenters. The normalized spacial score (nSPS) is 16.5. The van der Waals surface area contributed by atoms with E-state index in [4.69, 9.17) is 0 Å². The number of fused-ring (bicyclic) bond motifs is 1. The molecule has 0 spiro atoms. The van der Waals surface area contributed by atoms with Gasteiger partial charge in [-0.25, -0.2) is 0 Å². The van der Waals surface area contributed by atoms with Crippen LogP contribution in [-0.2, 0) is 6.54 Å². The maximum atomic E-state index is 9.80. The Hall–Kier alpha value is -1.55. The number of nitrogens with zero attached hydrogens (tertiary/aromatic N) is 2. The molecule has 1 aliphatic rings. The number of hydrogen-bond acceptors (Lipinski definition) is 3. The molecule has 0 radical (unpaired) electrons. The average molecular weight is 217 g/mol. The zero-order chi connectivity index (χ0) is 11.0. The van der Waals surface area contributed by atoms with Crippen LogP contribution in [0, 0.1) is 5.92 Å². The molecule has 84 valence electrons. The summed E-state index contributed by atoms with van der Waals surface area (Å²) in [5.41, 5.74) is 0.856. The van der Waals surface area contributed by atoms with Crippen LogP contribution < -0.4 is 5.32 Å². The Balaban J connectivity index is 1.85. The monoisotopic (exact) mass is 217 g/mol. The van der Waals surface area contributed by atoms with Crippen molar-refractivity contribution in [3.8, 4) is 5.75 Å². The summed E-state index contributed by atoms with van der Waals surface area (Å²) >= 11 is 0. The highest BCUT2D eigenvalue weighted by Crippen LogP contribution is 2.24. The van der Waals surface area contributed by atoms with E-state index in [0.29, 0.717) is 5.75 Å². The topological polar surface area (TPSA) is 50.1 Å². The fourth-order valence-electron chi connectivity index (χ4n) is 2.15. The fourth-order valence-corrected chi connectivity index (χ4v) is 2.15. The van der Waals surface area contributed by atoms with E-state index >= 15 is 0 Å². The zero-order valence-electron chi connectivity index (χ0n) is 9.06. The summed E-state index contributed by atoms with van der Waals surface area (Å²) in [6.45, 7) is 3.11. The van der Waals surface area contributed by atoms with Gasteiger partial charge in [-0.3, -0.25) is 4.68 Å². The molecule has 0 bridgehead atoms. The summed E-state index contributed by atoms with van der Waals surface area (Å²) < 4.78 is 1.91. The fraction of sp³-hybridized carbons (Fsp3) is 0.417. The Morgan fingerprint density at radius 1 is 1.44 bits per heavy atom. The number of phenols is 1. The quantitative estimate of drug-likeness (QED) is 0.816. The van der Waals surface area contributed by atoms with Gasteiger partial charge in [0.25, 0.3) is 0 Å². The lowest BCUT2D eigenvalue weighted by Crippen LogP contribution is -2.42. The molecular weight excluding hydrogens is 202 g/mol. The largest absolute Gasteiger partial charge is 0.506 e. The van der Waals surface area contributed by atoms with Crippen LogP contribution in [0.3, 0.4) is 0 Å². The van der Waals surface area contributed by atoms with Crippen molar-refractivity contribution < 1.29 is 5.11 Å². The maximum Gasteiger partial charge on any atom is 0.141 e. The molecule has 1 aromatic heterocycles. The van der Waals surface area contributed by atoms with Gasteiger partial charge in [0.1, 0.15) is 11.3 Å². The van der Waals surface area contributed by atoms with Gasteiger partial charge >= 0.3 is 0 Å². The van der Waals surface area contributed by atoms with Crippen molar-refractivity contribution in [1.82, 2.24) is 15.1 Å². The van der Waals surface area contributed by atoms with E-state index in [1.807, 2.05) is 23.0 Å². The van der Waals surface area contributed by atoms with Crippen LogP contribution in [-0.4, -0.2) is 28.0 Å². The second-order valence-corrected chi connectivity index (χ2v) is 4.40. The molecule has 0 amide bonds. The van der Waals surface area contributed by atoms with Crippen molar-refractivity contribution in [3.05, 3.63) is 24.4 Å².